The van der Waals surface area contributed by atoms with Gasteiger partial charge in [0.2, 0.25) is 0 Å². The smallest absolute Gasteiger partial charge is 0.140 e. The third-order valence-corrected chi connectivity index (χ3v) is 3.51. The summed E-state index contributed by atoms with van der Waals surface area (Å²) in [5, 5.41) is 7.77. The molecule has 1 atom stereocenters. The molecule has 1 aliphatic rings. The Morgan fingerprint density at radius 1 is 1.56 bits per heavy atom. The van der Waals surface area contributed by atoms with Gasteiger partial charge < -0.3 is 5.32 Å². The highest BCUT2D eigenvalue weighted by Crippen LogP contribution is 2.36. The molecule has 0 amide bonds. The Morgan fingerprint density at radius 3 is 3.00 bits per heavy atom. The Kier molecular flexibility index (Phi) is 3.28. The highest BCUT2D eigenvalue weighted by molar-refractivity contribution is 4.89. The Bertz CT molecular complexity index is 343. The summed E-state index contributed by atoms with van der Waals surface area (Å²) in [6, 6.07) is 0.650. The van der Waals surface area contributed by atoms with E-state index >= 15 is 0 Å². The number of rotatable bonds is 4. The van der Waals surface area contributed by atoms with Gasteiger partial charge in [-0.1, -0.05) is 13.8 Å². The number of aryl methyl sites for hydroxylation is 1. The second-order valence-corrected chi connectivity index (χ2v) is 5.48. The molecule has 1 saturated carbocycles. The molecular formula is C12H22N4. The number of hydrogen-bond acceptors (Lipinski definition) is 3. The van der Waals surface area contributed by atoms with Crippen LogP contribution in [0.1, 0.15) is 45.9 Å². The van der Waals surface area contributed by atoms with Crippen LogP contribution in [0.15, 0.2) is 6.33 Å². The van der Waals surface area contributed by atoms with E-state index in [1.54, 1.807) is 6.33 Å². The fraction of sp³-hybridized carbons (Fsp3) is 0.833. The maximum Gasteiger partial charge on any atom is 0.140 e. The maximum atomic E-state index is 4.27. The SMILES string of the molecule is CCn1ncnc1CNC1CCC(C)(C)C1. The second kappa shape index (κ2) is 4.53. The van der Waals surface area contributed by atoms with Gasteiger partial charge in [-0.15, -0.1) is 0 Å². The molecule has 16 heavy (non-hydrogen) atoms. The largest absolute Gasteiger partial charge is 0.307 e. The molecule has 1 aliphatic carbocycles. The standard InChI is InChI=1S/C12H22N4/c1-4-16-11(14-9-15-16)8-13-10-5-6-12(2,3)7-10/h9-10,13H,4-8H2,1-3H3. The van der Waals surface area contributed by atoms with Crippen LogP contribution in [0.5, 0.6) is 0 Å². The summed E-state index contributed by atoms with van der Waals surface area (Å²) in [6.07, 6.45) is 5.52. The topological polar surface area (TPSA) is 42.7 Å². The van der Waals surface area contributed by atoms with Crippen LogP contribution >= 0.6 is 0 Å². The van der Waals surface area contributed by atoms with Gasteiger partial charge in [-0.2, -0.15) is 5.10 Å². The average molecular weight is 222 g/mol. The fourth-order valence-electron chi connectivity index (χ4n) is 2.54. The number of aromatic nitrogens is 3. The summed E-state index contributed by atoms with van der Waals surface area (Å²) in [6.45, 7) is 8.53. The van der Waals surface area contributed by atoms with Gasteiger partial charge in [-0.25, -0.2) is 9.67 Å². The van der Waals surface area contributed by atoms with Crippen molar-refractivity contribution in [3.05, 3.63) is 12.2 Å². The summed E-state index contributed by atoms with van der Waals surface area (Å²) in [5.74, 6) is 1.05. The third kappa shape index (κ3) is 2.61. The minimum atomic E-state index is 0.510. The first-order valence-corrected chi connectivity index (χ1v) is 6.21. The lowest BCUT2D eigenvalue weighted by molar-refractivity contribution is 0.362. The van der Waals surface area contributed by atoms with Gasteiger partial charge in [0.25, 0.3) is 0 Å². The number of hydrogen-bond donors (Lipinski definition) is 1. The van der Waals surface area contributed by atoms with Crippen LogP contribution in [0.2, 0.25) is 0 Å². The minimum Gasteiger partial charge on any atom is -0.307 e. The van der Waals surface area contributed by atoms with Crippen LogP contribution in [0, 0.1) is 5.41 Å². The van der Waals surface area contributed by atoms with E-state index in [4.69, 9.17) is 0 Å². The van der Waals surface area contributed by atoms with Crippen molar-refractivity contribution < 1.29 is 0 Å². The molecule has 1 N–H and O–H groups in total. The maximum absolute atomic E-state index is 4.27. The summed E-state index contributed by atoms with van der Waals surface area (Å²) in [7, 11) is 0. The van der Waals surface area contributed by atoms with Crippen molar-refractivity contribution in [3.63, 3.8) is 0 Å². The van der Waals surface area contributed by atoms with Gasteiger partial charge in [-0.3, -0.25) is 0 Å². The first kappa shape index (κ1) is 11.6. The zero-order valence-corrected chi connectivity index (χ0v) is 10.5. The van der Waals surface area contributed by atoms with Crippen molar-refractivity contribution in [2.75, 3.05) is 0 Å². The Morgan fingerprint density at radius 2 is 2.38 bits per heavy atom. The van der Waals surface area contributed by atoms with Gasteiger partial charge in [0.1, 0.15) is 12.2 Å². The van der Waals surface area contributed by atoms with Gasteiger partial charge in [0.15, 0.2) is 0 Å². The van der Waals surface area contributed by atoms with Gasteiger partial charge in [-0.05, 0) is 31.6 Å². The molecule has 0 bridgehead atoms. The summed E-state index contributed by atoms with van der Waals surface area (Å²) < 4.78 is 1.95. The van der Waals surface area contributed by atoms with Gasteiger partial charge in [0, 0.05) is 12.6 Å². The van der Waals surface area contributed by atoms with Gasteiger partial charge >= 0.3 is 0 Å². The number of nitrogens with one attached hydrogen (secondary N) is 1. The fourth-order valence-corrected chi connectivity index (χ4v) is 2.54. The van der Waals surface area contributed by atoms with Crippen LogP contribution in [0.25, 0.3) is 0 Å². The molecule has 1 heterocycles. The summed E-state index contributed by atoms with van der Waals surface area (Å²) in [4.78, 5) is 4.27. The predicted molar refractivity (Wildman–Crippen MR) is 64.0 cm³/mol. The van der Waals surface area contributed by atoms with Crippen molar-refractivity contribution in [3.8, 4) is 0 Å². The minimum absolute atomic E-state index is 0.510. The monoisotopic (exact) mass is 222 g/mol. The molecule has 1 aromatic rings. The molecule has 2 rings (SSSR count). The molecule has 90 valence electrons. The normalized spacial score (nSPS) is 23.8. The highest BCUT2D eigenvalue weighted by atomic mass is 15.3. The van der Waals surface area contributed by atoms with Crippen LogP contribution in [0.3, 0.4) is 0 Å². The van der Waals surface area contributed by atoms with Gasteiger partial charge in [0.05, 0.1) is 6.54 Å². The molecule has 0 aromatic carbocycles. The molecule has 1 aromatic heterocycles. The molecular weight excluding hydrogens is 200 g/mol. The lowest BCUT2D eigenvalue weighted by Crippen LogP contribution is -2.28. The van der Waals surface area contributed by atoms with Crippen molar-refractivity contribution in [2.45, 2.75) is 59.2 Å². The van der Waals surface area contributed by atoms with E-state index in [2.05, 4.69) is 36.2 Å². The quantitative estimate of drug-likeness (QED) is 0.847. The van der Waals surface area contributed by atoms with Crippen molar-refractivity contribution in [1.29, 1.82) is 0 Å². The van der Waals surface area contributed by atoms with E-state index in [-0.39, 0.29) is 0 Å². The molecule has 0 saturated heterocycles. The molecule has 4 nitrogen and oxygen atoms in total. The molecule has 1 fully saturated rings. The Balaban J connectivity index is 1.84. The molecule has 0 radical (unpaired) electrons. The third-order valence-electron chi connectivity index (χ3n) is 3.51. The average Bonchev–Trinajstić information content (AvgIpc) is 2.81. The number of nitrogens with zero attached hydrogens (tertiary/aromatic N) is 3. The van der Waals surface area contributed by atoms with Crippen LogP contribution < -0.4 is 5.32 Å². The van der Waals surface area contributed by atoms with Crippen molar-refractivity contribution >= 4 is 0 Å². The molecule has 1 unspecified atom stereocenters. The van der Waals surface area contributed by atoms with E-state index in [0.717, 1.165) is 18.9 Å². The van der Waals surface area contributed by atoms with E-state index in [0.29, 0.717) is 11.5 Å². The molecule has 0 aliphatic heterocycles. The lowest BCUT2D eigenvalue weighted by atomic mass is 9.92. The first-order valence-electron chi connectivity index (χ1n) is 6.21. The van der Waals surface area contributed by atoms with Crippen molar-refractivity contribution in [1.82, 2.24) is 20.1 Å². The van der Waals surface area contributed by atoms with E-state index < -0.39 is 0 Å². The molecule has 4 heteroatoms. The summed E-state index contributed by atoms with van der Waals surface area (Å²) >= 11 is 0. The lowest BCUT2D eigenvalue weighted by Gasteiger charge is -2.17. The Labute approximate surface area is 97.5 Å². The predicted octanol–water partition coefficient (Wildman–Crippen LogP) is 1.97. The van der Waals surface area contributed by atoms with Crippen LogP contribution in [0.4, 0.5) is 0 Å². The first-order chi connectivity index (χ1) is 7.61. The van der Waals surface area contributed by atoms with E-state index in [9.17, 15) is 0 Å². The zero-order chi connectivity index (χ0) is 11.6. The van der Waals surface area contributed by atoms with Crippen LogP contribution in [-0.4, -0.2) is 20.8 Å². The second-order valence-electron chi connectivity index (χ2n) is 5.48. The van der Waals surface area contributed by atoms with E-state index in [1.807, 2.05) is 4.68 Å². The Hall–Kier alpha value is -0.900. The summed E-state index contributed by atoms with van der Waals surface area (Å²) in [5.41, 5.74) is 0.510. The highest BCUT2D eigenvalue weighted by Gasteiger charge is 2.30. The van der Waals surface area contributed by atoms with Crippen LogP contribution in [-0.2, 0) is 13.1 Å². The van der Waals surface area contributed by atoms with Crippen molar-refractivity contribution in [2.24, 2.45) is 5.41 Å². The molecule has 0 spiro atoms. The zero-order valence-electron chi connectivity index (χ0n) is 10.5. The van der Waals surface area contributed by atoms with E-state index in [1.165, 1.54) is 19.3 Å².